The van der Waals surface area contributed by atoms with Crippen molar-refractivity contribution in [3.63, 3.8) is 0 Å². The lowest BCUT2D eigenvalue weighted by Crippen LogP contribution is -2.40. The maximum atomic E-state index is 12.6. The number of esters is 1. The molecule has 35 heavy (non-hydrogen) atoms. The quantitative estimate of drug-likeness (QED) is 0.369. The zero-order chi connectivity index (χ0) is 25.4. The van der Waals surface area contributed by atoms with Crippen molar-refractivity contribution in [3.05, 3.63) is 28.6 Å². The van der Waals surface area contributed by atoms with Crippen LogP contribution in [0.1, 0.15) is 49.4 Å². The van der Waals surface area contributed by atoms with Crippen molar-refractivity contribution in [2.75, 3.05) is 31.8 Å². The molecule has 0 unspecified atom stereocenters. The number of amides is 2. The van der Waals surface area contributed by atoms with Gasteiger partial charge in [0, 0.05) is 19.2 Å². The number of sulfone groups is 1. The number of hydrogen-bond acceptors (Lipinski definition) is 8. The van der Waals surface area contributed by atoms with Crippen LogP contribution in [-0.2, 0) is 35.4 Å². The highest BCUT2D eigenvalue weighted by Crippen LogP contribution is 2.20. The molecule has 1 N–H and O–H groups in total. The average Bonchev–Trinajstić information content (AvgIpc) is 3.14. The van der Waals surface area contributed by atoms with Crippen LogP contribution in [0.25, 0.3) is 10.2 Å². The molecule has 0 spiro atoms. The van der Waals surface area contributed by atoms with Crippen LogP contribution in [0.4, 0.5) is 0 Å². The van der Waals surface area contributed by atoms with Crippen molar-refractivity contribution in [2.24, 2.45) is 4.99 Å². The first-order chi connectivity index (χ1) is 16.7. The second-order valence-electron chi connectivity index (χ2n) is 8.35. The number of hydrogen-bond donors (Lipinski definition) is 1. The predicted octanol–water partition coefficient (Wildman–Crippen LogP) is 1.82. The molecule has 0 aliphatic heterocycles. The predicted molar refractivity (Wildman–Crippen MR) is 132 cm³/mol. The summed E-state index contributed by atoms with van der Waals surface area (Å²) >= 11 is 1.15. The summed E-state index contributed by atoms with van der Waals surface area (Å²) < 4.78 is 37.6. The number of ether oxygens (including phenoxy) is 2. The number of nitrogens with zero attached hydrogens (tertiary/aromatic N) is 2. The Bertz CT molecular complexity index is 1240. The Balaban J connectivity index is 1.79. The minimum Gasteiger partial charge on any atom is -0.465 e. The molecule has 12 heteroatoms. The molecule has 2 amide bonds. The van der Waals surface area contributed by atoms with E-state index in [0.29, 0.717) is 30.0 Å². The van der Waals surface area contributed by atoms with Gasteiger partial charge in [0.15, 0.2) is 14.6 Å². The Morgan fingerprint density at radius 1 is 1.17 bits per heavy atom. The van der Waals surface area contributed by atoms with E-state index in [1.807, 2.05) is 6.92 Å². The highest BCUT2D eigenvalue weighted by molar-refractivity contribution is 7.92. The largest absolute Gasteiger partial charge is 0.465 e. The van der Waals surface area contributed by atoms with E-state index in [1.54, 1.807) is 22.8 Å². The standard InChI is InChI=1S/C23H31N3O7S2/c1-3-33-12-11-26-18-10-9-16(22(29)32-2)13-19(18)34-23(26)25-21(28)15-35(30,31)14-20(27)24-17-7-5-4-6-8-17/h9-10,13,17H,3-8,11-12,14-15H2,1-2H3,(H,24,27). The van der Waals surface area contributed by atoms with Crippen molar-refractivity contribution >= 4 is 49.2 Å². The Morgan fingerprint density at radius 2 is 1.91 bits per heavy atom. The van der Waals surface area contributed by atoms with Gasteiger partial charge in [-0.15, -0.1) is 0 Å². The van der Waals surface area contributed by atoms with Gasteiger partial charge in [-0.05, 0) is 38.0 Å². The summed E-state index contributed by atoms with van der Waals surface area (Å²) in [5.74, 6) is -3.55. The number of nitrogens with one attached hydrogen (secondary N) is 1. The zero-order valence-corrected chi connectivity index (χ0v) is 21.6. The summed E-state index contributed by atoms with van der Waals surface area (Å²) in [6, 6.07) is 4.96. The topological polar surface area (TPSA) is 133 Å². The summed E-state index contributed by atoms with van der Waals surface area (Å²) in [7, 11) is -2.69. The minimum absolute atomic E-state index is 0.00966. The van der Waals surface area contributed by atoms with Crippen molar-refractivity contribution in [2.45, 2.75) is 51.6 Å². The van der Waals surface area contributed by atoms with E-state index in [4.69, 9.17) is 9.47 Å². The van der Waals surface area contributed by atoms with Crippen LogP contribution in [0.5, 0.6) is 0 Å². The summed E-state index contributed by atoms with van der Waals surface area (Å²) in [5.41, 5.74) is 1.08. The zero-order valence-electron chi connectivity index (χ0n) is 19.9. The summed E-state index contributed by atoms with van der Waals surface area (Å²) in [6.07, 6.45) is 4.81. The van der Waals surface area contributed by atoms with Crippen LogP contribution in [0.2, 0.25) is 0 Å². The lowest BCUT2D eigenvalue weighted by atomic mass is 9.95. The molecule has 0 saturated heterocycles. The fraction of sp³-hybridized carbons (Fsp3) is 0.565. The van der Waals surface area contributed by atoms with Gasteiger partial charge in [-0.1, -0.05) is 30.6 Å². The monoisotopic (exact) mass is 525 g/mol. The molecule has 1 saturated carbocycles. The normalized spacial score (nSPS) is 15.3. The van der Waals surface area contributed by atoms with Gasteiger partial charge in [0.25, 0.3) is 5.91 Å². The van der Waals surface area contributed by atoms with Crippen LogP contribution in [-0.4, -0.2) is 68.6 Å². The molecule has 10 nitrogen and oxygen atoms in total. The number of rotatable bonds is 10. The molecule has 0 bridgehead atoms. The van der Waals surface area contributed by atoms with Crippen LogP contribution in [0, 0.1) is 0 Å². The van der Waals surface area contributed by atoms with Crippen LogP contribution >= 0.6 is 11.3 Å². The minimum atomic E-state index is -3.98. The molecule has 0 radical (unpaired) electrons. The lowest BCUT2D eigenvalue weighted by molar-refractivity contribution is -0.119. The number of thiazole rings is 1. The Labute approximate surface area is 208 Å². The maximum absolute atomic E-state index is 12.6. The summed E-state index contributed by atoms with van der Waals surface area (Å²) in [5, 5.41) is 2.76. The maximum Gasteiger partial charge on any atom is 0.337 e. The molecule has 0 atom stereocenters. The molecule has 1 aromatic carbocycles. The van der Waals surface area contributed by atoms with Crippen molar-refractivity contribution in [3.8, 4) is 0 Å². The second-order valence-corrected chi connectivity index (χ2v) is 11.4. The molecule has 1 aliphatic rings. The molecule has 1 heterocycles. The molecule has 2 aromatic rings. The average molecular weight is 526 g/mol. The smallest absolute Gasteiger partial charge is 0.337 e. The number of benzene rings is 1. The molecule has 3 rings (SSSR count). The fourth-order valence-electron chi connectivity index (χ4n) is 4.01. The molecule has 1 aliphatic carbocycles. The number of methoxy groups -OCH3 is 1. The first-order valence-corrected chi connectivity index (χ1v) is 14.2. The summed E-state index contributed by atoms with van der Waals surface area (Å²) in [6.45, 7) is 3.13. The Morgan fingerprint density at radius 3 is 2.60 bits per heavy atom. The number of carbonyl (C=O) groups excluding carboxylic acids is 3. The van der Waals surface area contributed by atoms with Gasteiger partial charge in [0.1, 0.15) is 11.5 Å². The molecule has 192 valence electrons. The number of aromatic nitrogens is 1. The van der Waals surface area contributed by atoms with Gasteiger partial charge >= 0.3 is 5.97 Å². The molecular weight excluding hydrogens is 494 g/mol. The van der Waals surface area contributed by atoms with Gasteiger partial charge < -0.3 is 19.4 Å². The fourth-order valence-corrected chi connectivity index (χ4v) is 6.15. The number of carbonyl (C=O) groups is 3. The SMILES string of the molecule is CCOCCn1c(=NC(=O)CS(=O)(=O)CC(=O)NC2CCCCC2)sc2cc(C(=O)OC)ccc21. The first-order valence-electron chi connectivity index (χ1n) is 11.6. The van der Waals surface area contributed by atoms with E-state index in [9.17, 15) is 22.8 Å². The van der Waals surface area contributed by atoms with Crippen LogP contribution < -0.4 is 10.1 Å². The van der Waals surface area contributed by atoms with Crippen molar-refractivity contribution < 1.29 is 32.3 Å². The highest BCUT2D eigenvalue weighted by atomic mass is 32.2. The van der Waals surface area contributed by atoms with E-state index in [-0.39, 0.29) is 10.8 Å². The van der Waals surface area contributed by atoms with Gasteiger partial charge in [-0.2, -0.15) is 4.99 Å². The van der Waals surface area contributed by atoms with Crippen LogP contribution in [0.15, 0.2) is 23.2 Å². The molecule has 1 fully saturated rings. The third kappa shape index (κ3) is 7.71. The van der Waals surface area contributed by atoms with Gasteiger partial charge in [-0.3, -0.25) is 9.59 Å². The first kappa shape index (κ1) is 27.0. The third-order valence-electron chi connectivity index (χ3n) is 5.65. The Hall–Kier alpha value is -2.57. The third-order valence-corrected chi connectivity index (χ3v) is 8.08. The van der Waals surface area contributed by atoms with Gasteiger partial charge in [-0.25, -0.2) is 13.2 Å². The lowest BCUT2D eigenvalue weighted by Gasteiger charge is -2.22. The van der Waals surface area contributed by atoms with E-state index >= 15 is 0 Å². The van der Waals surface area contributed by atoms with Gasteiger partial charge in [0.05, 0.1) is 29.5 Å². The van der Waals surface area contributed by atoms with E-state index in [2.05, 4.69) is 10.3 Å². The van der Waals surface area contributed by atoms with E-state index < -0.39 is 39.1 Å². The molecule has 1 aromatic heterocycles. The van der Waals surface area contributed by atoms with Gasteiger partial charge in [0.2, 0.25) is 5.91 Å². The second kappa shape index (κ2) is 12.4. The number of fused-ring (bicyclic) bond motifs is 1. The highest BCUT2D eigenvalue weighted by Gasteiger charge is 2.23. The molecular formula is C23H31N3O7S2. The van der Waals surface area contributed by atoms with Crippen molar-refractivity contribution in [1.29, 1.82) is 0 Å². The van der Waals surface area contributed by atoms with E-state index in [0.717, 1.165) is 49.0 Å². The summed E-state index contributed by atoms with van der Waals surface area (Å²) in [4.78, 5) is 41.0. The Kier molecular flexibility index (Phi) is 9.58. The van der Waals surface area contributed by atoms with Crippen molar-refractivity contribution in [1.82, 2.24) is 9.88 Å². The van der Waals surface area contributed by atoms with Crippen LogP contribution in [0.3, 0.4) is 0 Å². The van der Waals surface area contributed by atoms with E-state index in [1.165, 1.54) is 7.11 Å².